The Bertz CT molecular complexity index is 721. The molecular weight excluding hydrogens is 381 g/mol. The number of carboxylic acids is 1. The van der Waals surface area contributed by atoms with Crippen LogP contribution >= 0.6 is 47.2 Å². The second-order valence-electron chi connectivity index (χ2n) is 4.66. The van der Waals surface area contributed by atoms with Crippen molar-refractivity contribution in [2.24, 2.45) is 0 Å². The van der Waals surface area contributed by atoms with E-state index in [1.54, 1.807) is 0 Å². The van der Waals surface area contributed by atoms with E-state index < -0.39 is 5.97 Å². The van der Waals surface area contributed by atoms with Crippen molar-refractivity contribution >= 4 is 69.5 Å². The van der Waals surface area contributed by atoms with Crippen LogP contribution in [0.1, 0.15) is 18.4 Å². The number of aliphatic carboxylic acids is 1. The normalized spacial score (nSPS) is 16.4. The van der Waals surface area contributed by atoms with Gasteiger partial charge in [-0.05, 0) is 24.6 Å². The highest BCUT2D eigenvalue weighted by Gasteiger charge is 2.31. The molecule has 1 aromatic rings. The highest BCUT2D eigenvalue weighted by molar-refractivity contribution is 8.26. The van der Waals surface area contributed by atoms with Crippen LogP contribution in [0.25, 0.3) is 6.08 Å². The number of hydrogen-bond donors (Lipinski definition) is 2. The monoisotopic (exact) mass is 391 g/mol. The van der Waals surface area contributed by atoms with E-state index in [1.807, 2.05) is 0 Å². The van der Waals surface area contributed by atoms with Crippen LogP contribution in [-0.4, -0.2) is 37.9 Å². The van der Waals surface area contributed by atoms with E-state index >= 15 is 0 Å². The molecule has 0 saturated carbocycles. The summed E-state index contributed by atoms with van der Waals surface area (Å²) in [5.41, 5.74) is 0.313. The van der Waals surface area contributed by atoms with Crippen molar-refractivity contribution in [3.63, 3.8) is 0 Å². The minimum atomic E-state index is -0.926. The zero-order valence-electron chi connectivity index (χ0n) is 11.6. The number of aromatic hydroxyl groups is 1. The molecule has 0 radical (unpaired) electrons. The lowest BCUT2D eigenvalue weighted by Gasteiger charge is -2.13. The molecule has 0 bridgehead atoms. The first-order valence-electron chi connectivity index (χ1n) is 6.44. The molecule has 1 aliphatic heterocycles. The van der Waals surface area contributed by atoms with E-state index in [2.05, 4.69) is 0 Å². The first-order valence-corrected chi connectivity index (χ1v) is 8.43. The average Bonchev–Trinajstić information content (AvgIpc) is 2.71. The van der Waals surface area contributed by atoms with E-state index in [1.165, 1.54) is 23.1 Å². The van der Waals surface area contributed by atoms with Crippen LogP contribution in [0, 0.1) is 0 Å². The van der Waals surface area contributed by atoms with Gasteiger partial charge in [0.25, 0.3) is 5.91 Å². The van der Waals surface area contributed by atoms with Gasteiger partial charge in [0.1, 0.15) is 10.1 Å². The molecule has 1 heterocycles. The molecule has 1 amide bonds. The molecule has 5 nitrogen and oxygen atoms in total. The summed E-state index contributed by atoms with van der Waals surface area (Å²) in [7, 11) is 0. The van der Waals surface area contributed by atoms with Crippen LogP contribution in [0.5, 0.6) is 5.75 Å². The van der Waals surface area contributed by atoms with Gasteiger partial charge in [-0.25, -0.2) is 0 Å². The van der Waals surface area contributed by atoms with Crippen molar-refractivity contribution in [1.82, 2.24) is 4.90 Å². The number of halogens is 2. The Hall–Kier alpha value is -1.28. The molecule has 0 spiro atoms. The Morgan fingerprint density at radius 3 is 2.74 bits per heavy atom. The quantitative estimate of drug-likeness (QED) is 0.587. The molecule has 1 saturated heterocycles. The summed E-state index contributed by atoms with van der Waals surface area (Å²) in [6, 6.07) is 2.88. The molecule has 0 unspecified atom stereocenters. The van der Waals surface area contributed by atoms with Gasteiger partial charge in [-0.1, -0.05) is 47.2 Å². The highest BCUT2D eigenvalue weighted by Crippen LogP contribution is 2.37. The topological polar surface area (TPSA) is 77.8 Å². The summed E-state index contributed by atoms with van der Waals surface area (Å²) in [6.07, 6.45) is 1.73. The number of carbonyl (C=O) groups is 2. The molecule has 0 atom stereocenters. The molecular formula is C14H11Cl2NO4S2. The lowest BCUT2D eigenvalue weighted by atomic mass is 10.2. The number of carboxylic acid groups (broad SMARTS) is 1. The van der Waals surface area contributed by atoms with E-state index in [-0.39, 0.29) is 29.6 Å². The first kappa shape index (κ1) is 18.1. The maximum atomic E-state index is 12.3. The lowest BCUT2D eigenvalue weighted by molar-refractivity contribution is -0.137. The smallest absolute Gasteiger partial charge is 0.303 e. The fourth-order valence-corrected chi connectivity index (χ4v) is 3.73. The SMILES string of the molecule is O=C(O)CCCN1C(=O)/C(=C/c2cc(Cl)cc(Cl)c2O)SC1=S. The Morgan fingerprint density at radius 2 is 2.09 bits per heavy atom. The lowest BCUT2D eigenvalue weighted by Crippen LogP contribution is -2.29. The number of phenols is 1. The van der Waals surface area contributed by atoms with Crippen LogP contribution in [0.4, 0.5) is 0 Å². The third-order valence-electron chi connectivity index (χ3n) is 2.99. The maximum Gasteiger partial charge on any atom is 0.303 e. The van der Waals surface area contributed by atoms with Crippen molar-refractivity contribution < 1.29 is 19.8 Å². The molecule has 23 heavy (non-hydrogen) atoms. The van der Waals surface area contributed by atoms with E-state index in [0.717, 1.165) is 11.8 Å². The number of thioether (sulfide) groups is 1. The number of benzene rings is 1. The number of nitrogens with zero attached hydrogens (tertiary/aromatic N) is 1. The summed E-state index contributed by atoms with van der Waals surface area (Å²) in [4.78, 5) is 24.5. The molecule has 0 aliphatic carbocycles. The largest absolute Gasteiger partial charge is 0.506 e. The van der Waals surface area contributed by atoms with Crippen LogP contribution < -0.4 is 0 Å². The van der Waals surface area contributed by atoms with Gasteiger partial charge < -0.3 is 10.2 Å². The van der Waals surface area contributed by atoms with Crippen LogP contribution in [0.2, 0.25) is 10.0 Å². The summed E-state index contributed by atoms with van der Waals surface area (Å²) in [5.74, 6) is -1.43. The summed E-state index contributed by atoms with van der Waals surface area (Å²) in [6.45, 7) is 0.233. The van der Waals surface area contributed by atoms with Gasteiger partial charge in [0, 0.05) is 23.6 Å². The maximum absolute atomic E-state index is 12.3. The number of phenolic OH excluding ortho intramolecular Hbond substituents is 1. The average molecular weight is 392 g/mol. The number of rotatable bonds is 5. The van der Waals surface area contributed by atoms with Crippen molar-refractivity contribution in [3.05, 3.63) is 32.6 Å². The van der Waals surface area contributed by atoms with Crippen molar-refractivity contribution in [3.8, 4) is 5.75 Å². The number of thiocarbonyl (C=S) groups is 1. The molecule has 2 rings (SSSR count). The van der Waals surface area contributed by atoms with Crippen molar-refractivity contribution in [2.45, 2.75) is 12.8 Å². The second-order valence-corrected chi connectivity index (χ2v) is 7.18. The van der Waals surface area contributed by atoms with Crippen molar-refractivity contribution in [1.29, 1.82) is 0 Å². The van der Waals surface area contributed by atoms with Gasteiger partial charge >= 0.3 is 5.97 Å². The standard InChI is InChI=1S/C14H11Cl2NO4S2/c15-8-4-7(12(20)9(16)6-8)5-10-13(21)17(14(22)23-10)3-1-2-11(18)19/h4-6,20H,1-3H2,(H,18,19)/b10-5-. The molecule has 9 heteroatoms. The molecule has 1 aliphatic rings. The highest BCUT2D eigenvalue weighted by atomic mass is 35.5. The third kappa shape index (κ3) is 4.38. The van der Waals surface area contributed by atoms with Crippen LogP contribution in [0.3, 0.4) is 0 Å². The second kappa shape index (κ2) is 7.53. The first-order chi connectivity index (χ1) is 10.8. The Labute approximate surface area is 151 Å². The minimum absolute atomic E-state index is 0.0409. The predicted molar refractivity (Wildman–Crippen MR) is 94.9 cm³/mol. The minimum Gasteiger partial charge on any atom is -0.506 e. The van der Waals surface area contributed by atoms with Crippen LogP contribution in [0.15, 0.2) is 17.0 Å². The van der Waals surface area contributed by atoms with Gasteiger partial charge in [-0.15, -0.1) is 0 Å². The summed E-state index contributed by atoms with van der Waals surface area (Å²) >= 11 is 18.0. The van der Waals surface area contributed by atoms with Crippen LogP contribution in [-0.2, 0) is 9.59 Å². The number of amides is 1. The van der Waals surface area contributed by atoms with E-state index in [9.17, 15) is 14.7 Å². The Kier molecular flexibility index (Phi) is 5.91. The molecule has 2 N–H and O–H groups in total. The van der Waals surface area contributed by atoms with Gasteiger partial charge in [0.2, 0.25) is 0 Å². The molecule has 0 aromatic heterocycles. The van der Waals surface area contributed by atoms with Gasteiger partial charge in [-0.3, -0.25) is 14.5 Å². The zero-order valence-corrected chi connectivity index (χ0v) is 14.7. The van der Waals surface area contributed by atoms with Gasteiger partial charge in [0.05, 0.1) is 9.93 Å². The van der Waals surface area contributed by atoms with Gasteiger partial charge in [0.15, 0.2) is 0 Å². The molecule has 1 aromatic carbocycles. The predicted octanol–water partition coefficient (Wildman–Crippen LogP) is 3.77. The Morgan fingerprint density at radius 1 is 1.39 bits per heavy atom. The van der Waals surface area contributed by atoms with Gasteiger partial charge in [-0.2, -0.15) is 0 Å². The Balaban J connectivity index is 2.20. The number of carbonyl (C=O) groups excluding carboxylic acids is 1. The molecule has 1 fully saturated rings. The fraction of sp³-hybridized carbons (Fsp3) is 0.214. The van der Waals surface area contributed by atoms with E-state index in [0.29, 0.717) is 26.2 Å². The summed E-state index contributed by atoms with van der Waals surface area (Å²) < 4.78 is 0.347. The zero-order chi connectivity index (χ0) is 17.1. The molecule has 122 valence electrons. The third-order valence-corrected chi connectivity index (χ3v) is 4.87. The fourth-order valence-electron chi connectivity index (χ4n) is 1.92. The summed E-state index contributed by atoms with van der Waals surface area (Å²) in [5, 5.41) is 19.0. The van der Waals surface area contributed by atoms with Crippen molar-refractivity contribution in [2.75, 3.05) is 6.54 Å². The number of hydrogen-bond acceptors (Lipinski definition) is 5. The van der Waals surface area contributed by atoms with E-state index in [4.69, 9.17) is 40.5 Å².